The maximum Gasteiger partial charge on any atom is 0.217 e. The molecular weight excluding hydrogens is 292 g/mol. The second-order valence-corrected chi connectivity index (χ2v) is 8.15. The van der Waals surface area contributed by atoms with Gasteiger partial charge in [-0.1, -0.05) is 24.4 Å². The normalized spacial score (nSPS) is 25.9. The van der Waals surface area contributed by atoms with Gasteiger partial charge in [0, 0.05) is 26.2 Å². The fraction of sp³-hybridized carbons (Fsp3) is 0.923. The Kier molecular flexibility index (Phi) is 5.45. The average molecular weight is 318 g/mol. The number of hydrogen-bond donors (Lipinski definition) is 2. The minimum atomic E-state index is -3.16. The molecule has 1 aliphatic carbocycles. The number of rotatable bonds is 4. The number of hydrogen-bond acceptors (Lipinski definition) is 5. The molecule has 1 saturated carbocycles. The molecule has 1 aliphatic heterocycles. The molecule has 1 atom stereocenters. The molecular formula is C13H26N4O3S. The SMILES string of the molecule is CC(C(N)=NO)N1CCN(S(=O)(=O)C2CCCCC2)CC1. The molecule has 0 aromatic rings. The molecule has 0 aromatic carbocycles. The predicted octanol–water partition coefficient (Wildman–Crippen LogP) is 0.401. The summed E-state index contributed by atoms with van der Waals surface area (Å²) in [6.07, 6.45) is 4.78. The van der Waals surface area contributed by atoms with Crippen LogP contribution in [0, 0.1) is 0 Å². The van der Waals surface area contributed by atoms with Gasteiger partial charge in [-0.05, 0) is 19.8 Å². The maximum atomic E-state index is 12.6. The first-order chi connectivity index (χ1) is 9.96. The molecule has 2 aliphatic rings. The maximum absolute atomic E-state index is 12.6. The lowest BCUT2D eigenvalue weighted by molar-refractivity contribution is 0.169. The highest BCUT2D eigenvalue weighted by Gasteiger charge is 2.35. The van der Waals surface area contributed by atoms with E-state index in [9.17, 15) is 8.42 Å². The summed E-state index contributed by atoms with van der Waals surface area (Å²) in [5.74, 6) is 0.165. The van der Waals surface area contributed by atoms with Crippen LogP contribution in [0.4, 0.5) is 0 Å². The first kappa shape index (κ1) is 16.5. The highest BCUT2D eigenvalue weighted by molar-refractivity contribution is 7.89. The quantitative estimate of drug-likeness (QED) is 0.338. The van der Waals surface area contributed by atoms with Crippen molar-refractivity contribution in [3.05, 3.63) is 0 Å². The van der Waals surface area contributed by atoms with Gasteiger partial charge in [0.25, 0.3) is 0 Å². The largest absolute Gasteiger partial charge is 0.409 e. The average Bonchev–Trinajstić information content (AvgIpc) is 2.54. The third kappa shape index (κ3) is 3.67. The Morgan fingerprint density at radius 1 is 1.19 bits per heavy atom. The third-order valence-electron chi connectivity index (χ3n) is 4.70. The van der Waals surface area contributed by atoms with Crippen molar-refractivity contribution in [3.63, 3.8) is 0 Å². The summed E-state index contributed by atoms with van der Waals surface area (Å²) in [4.78, 5) is 2.04. The van der Waals surface area contributed by atoms with E-state index in [1.54, 1.807) is 4.31 Å². The van der Waals surface area contributed by atoms with Crippen LogP contribution in [0.5, 0.6) is 0 Å². The van der Waals surface area contributed by atoms with Gasteiger partial charge in [-0.2, -0.15) is 4.31 Å². The van der Waals surface area contributed by atoms with Crippen LogP contribution in [0.15, 0.2) is 5.16 Å². The minimum absolute atomic E-state index is 0.165. The number of nitrogens with zero attached hydrogens (tertiary/aromatic N) is 3. The Labute approximate surface area is 126 Å². The summed E-state index contributed by atoms with van der Waals surface area (Å²) < 4.78 is 26.9. The van der Waals surface area contributed by atoms with Crippen LogP contribution in [0.2, 0.25) is 0 Å². The molecule has 0 amide bonds. The molecule has 2 fully saturated rings. The second-order valence-electron chi connectivity index (χ2n) is 5.94. The van der Waals surface area contributed by atoms with Crippen LogP contribution in [0.1, 0.15) is 39.0 Å². The number of amidine groups is 1. The summed E-state index contributed by atoms with van der Waals surface area (Å²) >= 11 is 0. The molecule has 8 heteroatoms. The van der Waals surface area contributed by atoms with Crippen LogP contribution in [-0.4, -0.2) is 66.1 Å². The fourth-order valence-corrected chi connectivity index (χ4v) is 5.21. The third-order valence-corrected chi connectivity index (χ3v) is 7.10. The van der Waals surface area contributed by atoms with Crippen molar-refractivity contribution in [3.8, 4) is 0 Å². The number of nitrogens with two attached hydrogens (primary N) is 1. The predicted molar refractivity (Wildman–Crippen MR) is 81.8 cm³/mol. The van der Waals surface area contributed by atoms with Gasteiger partial charge in [-0.15, -0.1) is 0 Å². The van der Waals surface area contributed by atoms with Crippen LogP contribution in [-0.2, 0) is 10.0 Å². The van der Waals surface area contributed by atoms with Gasteiger partial charge < -0.3 is 10.9 Å². The summed E-state index contributed by atoms with van der Waals surface area (Å²) in [7, 11) is -3.16. The first-order valence-electron chi connectivity index (χ1n) is 7.67. The van der Waals surface area contributed by atoms with Crippen LogP contribution < -0.4 is 5.73 Å². The van der Waals surface area contributed by atoms with Crippen LogP contribution in [0.3, 0.4) is 0 Å². The zero-order valence-electron chi connectivity index (χ0n) is 12.6. The lowest BCUT2D eigenvalue weighted by Gasteiger charge is -2.38. The van der Waals surface area contributed by atoms with Crippen LogP contribution >= 0.6 is 0 Å². The molecule has 1 saturated heterocycles. The standard InChI is InChI=1S/C13H26N4O3S/c1-11(13(14)15-18)16-7-9-17(10-8-16)21(19,20)12-5-3-2-4-6-12/h11-12,18H,2-10H2,1H3,(H2,14,15). The molecule has 7 nitrogen and oxygen atoms in total. The van der Waals surface area contributed by atoms with Crippen molar-refractivity contribution in [2.45, 2.75) is 50.3 Å². The molecule has 0 spiro atoms. The molecule has 0 aromatic heterocycles. The zero-order valence-corrected chi connectivity index (χ0v) is 13.4. The van der Waals surface area contributed by atoms with Crippen molar-refractivity contribution >= 4 is 15.9 Å². The van der Waals surface area contributed by atoms with E-state index in [1.807, 2.05) is 11.8 Å². The van der Waals surface area contributed by atoms with E-state index in [1.165, 1.54) is 0 Å². The lowest BCUT2D eigenvalue weighted by atomic mass is 10.0. The van der Waals surface area contributed by atoms with Gasteiger partial charge in [0.1, 0.15) is 0 Å². The monoisotopic (exact) mass is 318 g/mol. The van der Waals surface area contributed by atoms with Gasteiger partial charge in [0.05, 0.1) is 11.3 Å². The Morgan fingerprint density at radius 3 is 2.29 bits per heavy atom. The first-order valence-corrected chi connectivity index (χ1v) is 9.17. The van der Waals surface area contributed by atoms with E-state index in [4.69, 9.17) is 10.9 Å². The van der Waals surface area contributed by atoms with Crippen molar-refractivity contribution in [1.82, 2.24) is 9.21 Å². The fourth-order valence-electron chi connectivity index (χ4n) is 3.19. The van der Waals surface area contributed by atoms with E-state index in [-0.39, 0.29) is 17.1 Å². The second kappa shape index (κ2) is 6.93. The van der Waals surface area contributed by atoms with Crippen LogP contribution in [0.25, 0.3) is 0 Å². The van der Waals surface area contributed by atoms with Crippen molar-refractivity contribution in [1.29, 1.82) is 0 Å². The molecule has 1 unspecified atom stereocenters. The molecule has 0 bridgehead atoms. The van der Waals surface area contributed by atoms with Gasteiger partial charge in [-0.25, -0.2) is 8.42 Å². The van der Waals surface area contributed by atoms with Gasteiger partial charge in [0.2, 0.25) is 10.0 Å². The highest BCUT2D eigenvalue weighted by Crippen LogP contribution is 2.26. The van der Waals surface area contributed by atoms with E-state index in [0.29, 0.717) is 26.2 Å². The topological polar surface area (TPSA) is 99.2 Å². The van der Waals surface area contributed by atoms with E-state index in [0.717, 1.165) is 32.1 Å². The van der Waals surface area contributed by atoms with Crippen molar-refractivity contribution < 1.29 is 13.6 Å². The molecule has 1 heterocycles. The highest BCUT2D eigenvalue weighted by atomic mass is 32.2. The molecule has 122 valence electrons. The smallest absolute Gasteiger partial charge is 0.217 e. The van der Waals surface area contributed by atoms with E-state index < -0.39 is 10.0 Å². The Hall–Kier alpha value is -0.860. The number of oxime groups is 1. The lowest BCUT2D eigenvalue weighted by Crippen LogP contribution is -2.55. The summed E-state index contributed by atoms with van der Waals surface area (Å²) in [6.45, 7) is 4.07. The number of sulfonamides is 1. The zero-order chi connectivity index (χ0) is 15.5. The summed E-state index contributed by atoms with van der Waals surface area (Å²) in [6, 6.07) is -0.172. The molecule has 0 radical (unpaired) electrons. The molecule has 3 N–H and O–H groups in total. The van der Waals surface area contributed by atoms with Crippen molar-refractivity contribution in [2.75, 3.05) is 26.2 Å². The van der Waals surface area contributed by atoms with Crippen molar-refractivity contribution in [2.24, 2.45) is 10.9 Å². The van der Waals surface area contributed by atoms with Gasteiger partial charge >= 0.3 is 0 Å². The molecule has 2 rings (SSSR count). The Bertz CT molecular complexity index is 466. The van der Waals surface area contributed by atoms with E-state index >= 15 is 0 Å². The summed E-state index contributed by atoms with van der Waals surface area (Å²) in [5.41, 5.74) is 5.61. The molecule has 21 heavy (non-hydrogen) atoms. The Morgan fingerprint density at radius 2 is 1.76 bits per heavy atom. The Balaban J connectivity index is 1.94. The number of piperazine rings is 1. The summed E-state index contributed by atoms with van der Waals surface area (Å²) in [5, 5.41) is 11.5. The van der Waals surface area contributed by atoms with Gasteiger partial charge in [-0.3, -0.25) is 4.90 Å². The van der Waals surface area contributed by atoms with Gasteiger partial charge in [0.15, 0.2) is 5.84 Å². The van der Waals surface area contributed by atoms with E-state index in [2.05, 4.69) is 5.16 Å². The minimum Gasteiger partial charge on any atom is -0.409 e.